The van der Waals surface area contributed by atoms with E-state index in [1.165, 1.54) is 6.42 Å². The molecule has 2 fully saturated rings. The summed E-state index contributed by atoms with van der Waals surface area (Å²) in [6.45, 7) is 6.53. The van der Waals surface area contributed by atoms with Crippen molar-refractivity contribution < 1.29 is 17.9 Å². The van der Waals surface area contributed by atoms with Crippen molar-refractivity contribution >= 4 is 15.8 Å². The lowest BCUT2D eigenvalue weighted by atomic mass is 9.75. The summed E-state index contributed by atoms with van der Waals surface area (Å²) in [7, 11) is -3.02. The Hall–Kier alpha value is -0.580. The van der Waals surface area contributed by atoms with Crippen LogP contribution in [0.3, 0.4) is 0 Å². The van der Waals surface area contributed by atoms with Gasteiger partial charge in [0.15, 0.2) is 9.84 Å². The number of carbonyl (C=O) groups excluding carboxylic acids is 1. The highest BCUT2D eigenvalue weighted by atomic mass is 32.2. The van der Waals surface area contributed by atoms with Gasteiger partial charge in [0, 0.05) is 0 Å². The summed E-state index contributed by atoms with van der Waals surface area (Å²) in [5.74, 6) is 0.846. The summed E-state index contributed by atoms with van der Waals surface area (Å²) in [5, 5.41) is 0. The molecule has 1 aliphatic heterocycles. The van der Waals surface area contributed by atoms with Crippen LogP contribution in [0.5, 0.6) is 0 Å². The number of sulfone groups is 1. The molecule has 0 unspecified atom stereocenters. The van der Waals surface area contributed by atoms with Crippen LogP contribution in [0.2, 0.25) is 0 Å². The molecule has 2 aliphatic rings. The van der Waals surface area contributed by atoms with Crippen molar-refractivity contribution in [1.29, 1.82) is 0 Å². The maximum absolute atomic E-state index is 12.2. The van der Waals surface area contributed by atoms with Gasteiger partial charge in [-0.05, 0) is 37.0 Å². The standard InChI is InChI=1S/C15H26O4S/c1-10(2)13-5-4-11(3)8-14(13)19-15(16)12-6-7-20(17,18)9-12/h10-14H,4-9H2,1-3H3/t11-,12+,13-,14+/m1/s1. The second-order valence-corrected chi connectivity index (χ2v) is 9.13. The van der Waals surface area contributed by atoms with Crippen LogP contribution < -0.4 is 0 Å². The zero-order chi connectivity index (χ0) is 14.9. The minimum absolute atomic E-state index is 0.0273. The Labute approximate surface area is 122 Å². The molecular formula is C15H26O4S. The van der Waals surface area contributed by atoms with E-state index in [1.54, 1.807) is 0 Å². The molecule has 1 saturated heterocycles. The molecule has 4 nitrogen and oxygen atoms in total. The van der Waals surface area contributed by atoms with Crippen molar-refractivity contribution in [3.05, 3.63) is 0 Å². The van der Waals surface area contributed by atoms with E-state index in [1.807, 2.05) is 0 Å². The maximum atomic E-state index is 12.2. The lowest BCUT2D eigenvalue weighted by molar-refractivity contribution is -0.160. The van der Waals surface area contributed by atoms with Crippen LogP contribution in [0, 0.1) is 23.7 Å². The fraction of sp³-hybridized carbons (Fsp3) is 0.933. The number of ether oxygens (including phenoxy) is 1. The summed E-state index contributed by atoms with van der Waals surface area (Å²) in [6, 6.07) is 0. The normalized spacial score (nSPS) is 37.0. The molecule has 0 bridgehead atoms. The Balaban J connectivity index is 1.98. The van der Waals surface area contributed by atoms with E-state index >= 15 is 0 Å². The molecule has 116 valence electrons. The Morgan fingerprint density at radius 1 is 1.20 bits per heavy atom. The van der Waals surface area contributed by atoms with Gasteiger partial charge in [0.1, 0.15) is 6.10 Å². The Morgan fingerprint density at radius 3 is 2.45 bits per heavy atom. The third-order valence-electron chi connectivity index (χ3n) is 4.79. The third kappa shape index (κ3) is 3.74. The van der Waals surface area contributed by atoms with Gasteiger partial charge in [-0.25, -0.2) is 8.42 Å². The minimum atomic E-state index is -3.02. The van der Waals surface area contributed by atoms with Gasteiger partial charge in [-0.2, -0.15) is 0 Å². The van der Waals surface area contributed by atoms with Crippen LogP contribution in [0.15, 0.2) is 0 Å². The highest BCUT2D eigenvalue weighted by Gasteiger charge is 2.38. The van der Waals surface area contributed by atoms with Crippen LogP contribution in [0.4, 0.5) is 0 Å². The zero-order valence-corrected chi connectivity index (χ0v) is 13.5. The molecule has 0 N–H and O–H groups in total. The predicted octanol–water partition coefficient (Wildman–Crippen LogP) is 2.43. The van der Waals surface area contributed by atoms with Crippen molar-refractivity contribution in [3.8, 4) is 0 Å². The van der Waals surface area contributed by atoms with Crippen molar-refractivity contribution in [3.63, 3.8) is 0 Å². The molecule has 0 radical (unpaired) electrons. The second kappa shape index (κ2) is 6.04. The number of hydrogen-bond donors (Lipinski definition) is 0. The van der Waals surface area contributed by atoms with Gasteiger partial charge < -0.3 is 4.74 Å². The predicted molar refractivity (Wildman–Crippen MR) is 78.0 cm³/mol. The van der Waals surface area contributed by atoms with Crippen LogP contribution in [-0.2, 0) is 19.4 Å². The van der Waals surface area contributed by atoms with Crippen LogP contribution in [0.25, 0.3) is 0 Å². The largest absolute Gasteiger partial charge is 0.462 e. The van der Waals surface area contributed by atoms with Gasteiger partial charge in [0.05, 0.1) is 17.4 Å². The van der Waals surface area contributed by atoms with Crippen molar-refractivity contribution in [2.45, 2.75) is 52.6 Å². The Bertz CT molecular complexity index is 454. The summed E-state index contributed by atoms with van der Waals surface area (Å²) in [5.41, 5.74) is 0. The number of hydrogen-bond acceptors (Lipinski definition) is 4. The first-order chi connectivity index (χ1) is 9.28. The van der Waals surface area contributed by atoms with E-state index in [-0.39, 0.29) is 23.6 Å². The molecule has 1 saturated carbocycles. The molecule has 5 heteroatoms. The maximum Gasteiger partial charge on any atom is 0.310 e. The van der Waals surface area contributed by atoms with Crippen molar-refractivity contribution in [2.24, 2.45) is 23.7 Å². The van der Waals surface area contributed by atoms with Gasteiger partial charge in [-0.15, -0.1) is 0 Å². The molecule has 0 aromatic rings. The zero-order valence-electron chi connectivity index (χ0n) is 12.7. The van der Waals surface area contributed by atoms with E-state index in [2.05, 4.69) is 20.8 Å². The second-order valence-electron chi connectivity index (χ2n) is 6.90. The molecule has 2 rings (SSSR count). The summed E-state index contributed by atoms with van der Waals surface area (Å²) < 4.78 is 28.6. The molecule has 0 spiro atoms. The van der Waals surface area contributed by atoms with Gasteiger partial charge in [-0.1, -0.05) is 27.2 Å². The fourth-order valence-electron chi connectivity index (χ4n) is 3.48. The summed E-state index contributed by atoms with van der Waals surface area (Å²) in [6.07, 6.45) is 3.59. The average Bonchev–Trinajstić information content (AvgIpc) is 2.69. The van der Waals surface area contributed by atoms with Gasteiger partial charge >= 0.3 is 5.97 Å². The molecule has 0 aromatic heterocycles. The van der Waals surface area contributed by atoms with Crippen molar-refractivity contribution in [1.82, 2.24) is 0 Å². The fourth-order valence-corrected chi connectivity index (χ4v) is 5.20. The van der Waals surface area contributed by atoms with Gasteiger partial charge in [0.25, 0.3) is 0 Å². The van der Waals surface area contributed by atoms with Gasteiger partial charge in [0.2, 0.25) is 0 Å². The van der Waals surface area contributed by atoms with Crippen LogP contribution in [0.1, 0.15) is 46.5 Å². The highest BCUT2D eigenvalue weighted by molar-refractivity contribution is 7.91. The molecule has 1 heterocycles. The number of rotatable bonds is 3. The monoisotopic (exact) mass is 302 g/mol. The quantitative estimate of drug-likeness (QED) is 0.751. The first kappa shape index (κ1) is 15.8. The van der Waals surface area contributed by atoms with Crippen molar-refractivity contribution in [2.75, 3.05) is 11.5 Å². The van der Waals surface area contributed by atoms with Crippen LogP contribution >= 0.6 is 0 Å². The molecule has 20 heavy (non-hydrogen) atoms. The first-order valence-corrected chi connectivity index (χ1v) is 9.51. The molecule has 0 amide bonds. The molecule has 4 atom stereocenters. The molecule has 0 aromatic carbocycles. The van der Waals surface area contributed by atoms with E-state index in [9.17, 15) is 13.2 Å². The summed E-state index contributed by atoms with van der Waals surface area (Å²) in [4.78, 5) is 12.2. The number of esters is 1. The third-order valence-corrected chi connectivity index (χ3v) is 6.56. The highest BCUT2D eigenvalue weighted by Crippen LogP contribution is 2.36. The van der Waals surface area contributed by atoms with Gasteiger partial charge in [-0.3, -0.25) is 4.79 Å². The number of carbonyl (C=O) groups is 1. The lowest BCUT2D eigenvalue weighted by Gasteiger charge is -2.37. The topological polar surface area (TPSA) is 60.4 Å². The minimum Gasteiger partial charge on any atom is -0.462 e. The van der Waals surface area contributed by atoms with Crippen LogP contribution in [-0.4, -0.2) is 32.0 Å². The van der Waals surface area contributed by atoms with E-state index in [0.717, 1.165) is 12.8 Å². The Morgan fingerprint density at radius 2 is 1.90 bits per heavy atom. The SMILES string of the molecule is CC(C)[C@H]1CC[C@@H](C)C[C@@H]1OC(=O)[C@H]1CCS(=O)(=O)C1. The van der Waals surface area contributed by atoms with E-state index in [4.69, 9.17) is 4.74 Å². The summed E-state index contributed by atoms with van der Waals surface area (Å²) >= 11 is 0. The Kier molecular flexibility index (Phi) is 4.77. The smallest absolute Gasteiger partial charge is 0.310 e. The van der Waals surface area contributed by atoms with E-state index in [0.29, 0.717) is 24.2 Å². The molecular weight excluding hydrogens is 276 g/mol. The van der Waals surface area contributed by atoms with E-state index < -0.39 is 15.8 Å². The molecule has 1 aliphatic carbocycles. The first-order valence-electron chi connectivity index (χ1n) is 7.69. The average molecular weight is 302 g/mol. The lowest BCUT2D eigenvalue weighted by Crippen LogP contribution is -2.37.